The van der Waals surface area contributed by atoms with Gasteiger partial charge in [0.2, 0.25) is 0 Å². The SMILES string of the molecule is CC(C)CCn1ncc(NC(=O)N2CCCC2c2cccn2C)c1C(C)C. The highest BCUT2D eigenvalue weighted by atomic mass is 16.2. The highest BCUT2D eigenvalue weighted by molar-refractivity contribution is 5.90. The van der Waals surface area contributed by atoms with E-state index in [1.165, 1.54) is 5.69 Å². The number of urea groups is 1. The molecule has 148 valence electrons. The lowest BCUT2D eigenvalue weighted by Gasteiger charge is -2.26. The Bertz CT molecular complexity index is 773. The summed E-state index contributed by atoms with van der Waals surface area (Å²) in [6, 6.07) is 4.27. The second-order valence-electron chi connectivity index (χ2n) is 8.33. The molecule has 6 heteroatoms. The van der Waals surface area contributed by atoms with Gasteiger partial charge in [0.05, 0.1) is 23.6 Å². The molecule has 27 heavy (non-hydrogen) atoms. The number of likely N-dealkylation sites (tertiary alicyclic amines) is 1. The number of nitrogens with one attached hydrogen (secondary N) is 1. The molecule has 0 saturated carbocycles. The molecule has 0 spiro atoms. The van der Waals surface area contributed by atoms with Crippen molar-refractivity contribution in [2.75, 3.05) is 11.9 Å². The molecule has 3 heterocycles. The van der Waals surface area contributed by atoms with E-state index in [0.717, 1.165) is 43.7 Å². The monoisotopic (exact) mass is 371 g/mol. The van der Waals surface area contributed by atoms with Crippen molar-refractivity contribution < 1.29 is 4.79 Å². The second-order valence-corrected chi connectivity index (χ2v) is 8.33. The van der Waals surface area contributed by atoms with Gasteiger partial charge in [-0.05, 0) is 43.2 Å². The molecule has 6 nitrogen and oxygen atoms in total. The molecular formula is C21H33N5O. The Balaban J connectivity index is 1.76. The van der Waals surface area contributed by atoms with Gasteiger partial charge in [0, 0.05) is 32.0 Å². The molecule has 1 N–H and O–H groups in total. The fourth-order valence-electron chi connectivity index (χ4n) is 3.98. The first-order chi connectivity index (χ1) is 12.9. The fourth-order valence-corrected chi connectivity index (χ4v) is 3.98. The summed E-state index contributed by atoms with van der Waals surface area (Å²) in [5.41, 5.74) is 3.15. The summed E-state index contributed by atoms with van der Waals surface area (Å²) in [6.07, 6.45) is 6.97. The van der Waals surface area contributed by atoms with E-state index >= 15 is 0 Å². The van der Waals surface area contributed by atoms with Crippen LogP contribution >= 0.6 is 0 Å². The first-order valence-corrected chi connectivity index (χ1v) is 10.1. The normalized spacial score (nSPS) is 17.3. The van der Waals surface area contributed by atoms with Crippen LogP contribution in [0.2, 0.25) is 0 Å². The van der Waals surface area contributed by atoms with Gasteiger partial charge in [-0.3, -0.25) is 4.68 Å². The minimum atomic E-state index is -0.0241. The second kappa shape index (κ2) is 8.19. The molecule has 1 saturated heterocycles. The van der Waals surface area contributed by atoms with Crippen molar-refractivity contribution in [2.24, 2.45) is 13.0 Å². The van der Waals surface area contributed by atoms with Crippen LogP contribution in [0.3, 0.4) is 0 Å². The van der Waals surface area contributed by atoms with E-state index in [2.05, 4.69) is 53.4 Å². The molecule has 1 atom stereocenters. The third kappa shape index (κ3) is 4.20. The Morgan fingerprint density at radius 1 is 1.33 bits per heavy atom. The number of nitrogens with zero attached hydrogens (tertiary/aromatic N) is 4. The van der Waals surface area contributed by atoms with Gasteiger partial charge in [0.15, 0.2) is 0 Å². The molecule has 1 aliphatic heterocycles. The van der Waals surface area contributed by atoms with Crippen molar-refractivity contribution in [2.45, 2.75) is 65.5 Å². The van der Waals surface area contributed by atoms with Crippen LogP contribution in [0.5, 0.6) is 0 Å². The molecule has 2 amide bonds. The van der Waals surface area contributed by atoms with E-state index in [0.29, 0.717) is 11.8 Å². The highest BCUT2D eigenvalue weighted by Crippen LogP contribution is 2.33. The Morgan fingerprint density at radius 3 is 2.74 bits per heavy atom. The zero-order chi connectivity index (χ0) is 19.6. The zero-order valence-corrected chi connectivity index (χ0v) is 17.3. The van der Waals surface area contributed by atoms with Gasteiger partial charge in [-0.15, -0.1) is 0 Å². The molecule has 3 rings (SSSR count). The van der Waals surface area contributed by atoms with Gasteiger partial charge in [-0.1, -0.05) is 27.7 Å². The quantitative estimate of drug-likeness (QED) is 0.796. The van der Waals surface area contributed by atoms with Crippen molar-refractivity contribution in [3.8, 4) is 0 Å². The molecule has 2 aromatic rings. The topological polar surface area (TPSA) is 55.1 Å². The van der Waals surface area contributed by atoms with E-state index in [1.54, 1.807) is 6.20 Å². The molecule has 1 fully saturated rings. The average molecular weight is 372 g/mol. The van der Waals surface area contributed by atoms with Crippen LogP contribution in [0.15, 0.2) is 24.5 Å². The lowest BCUT2D eigenvalue weighted by Crippen LogP contribution is -2.35. The van der Waals surface area contributed by atoms with Gasteiger partial charge < -0.3 is 14.8 Å². The van der Waals surface area contributed by atoms with Crippen LogP contribution in [-0.2, 0) is 13.6 Å². The fraction of sp³-hybridized carbons (Fsp3) is 0.619. The van der Waals surface area contributed by atoms with Crippen molar-refractivity contribution >= 4 is 11.7 Å². The largest absolute Gasteiger partial charge is 0.353 e. The first-order valence-electron chi connectivity index (χ1n) is 10.1. The summed E-state index contributed by atoms with van der Waals surface area (Å²) in [5.74, 6) is 0.931. The minimum Gasteiger partial charge on any atom is -0.353 e. The molecule has 0 bridgehead atoms. The van der Waals surface area contributed by atoms with Crippen molar-refractivity contribution in [3.63, 3.8) is 0 Å². The highest BCUT2D eigenvalue weighted by Gasteiger charge is 2.32. The van der Waals surface area contributed by atoms with Crippen LogP contribution < -0.4 is 5.32 Å². The predicted molar refractivity (Wildman–Crippen MR) is 109 cm³/mol. The smallest absolute Gasteiger partial charge is 0.322 e. The first kappa shape index (κ1) is 19.5. The Morgan fingerprint density at radius 2 is 2.11 bits per heavy atom. The van der Waals surface area contributed by atoms with Gasteiger partial charge in [-0.25, -0.2) is 4.79 Å². The predicted octanol–water partition coefficient (Wildman–Crippen LogP) is 4.76. The van der Waals surface area contributed by atoms with Crippen molar-refractivity contribution in [1.29, 1.82) is 0 Å². The number of rotatable bonds is 6. The summed E-state index contributed by atoms with van der Waals surface area (Å²) in [7, 11) is 2.04. The zero-order valence-electron chi connectivity index (χ0n) is 17.3. The Kier molecular flexibility index (Phi) is 5.92. The van der Waals surface area contributed by atoms with Crippen LogP contribution in [0.4, 0.5) is 10.5 Å². The van der Waals surface area contributed by atoms with Crippen molar-refractivity contribution in [3.05, 3.63) is 35.9 Å². The third-order valence-corrected chi connectivity index (χ3v) is 5.43. The van der Waals surface area contributed by atoms with Crippen molar-refractivity contribution in [1.82, 2.24) is 19.2 Å². The molecular weight excluding hydrogens is 338 g/mol. The molecule has 1 unspecified atom stereocenters. The number of hydrogen-bond acceptors (Lipinski definition) is 2. The number of aromatic nitrogens is 3. The summed E-state index contributed by atoms with van der Waals surface area (Å²) in [4.78, 5) is 15.0. The lowest BCUT2D eigenvalue weighted by atomic mass is 10.1. The average Bonchev–Trinajstić information content (AvgIpc) is 3.31. The third-order valence-electron chi connectivity index (χ3n) is 5.43. The maximum Gasteiger partial charge on any atom is 0.322 e. The van der Waals surface area contributed by atoms with E-state index in [1.807, 2.05) is 24.2 Å². The van der Waals surface area contributed by atoms with Crippen LogP contribution in [-0.4, -0.2) is 31.8 Å². The Labute approximate surface area is 162 Å². The standard InChI is InChI=1S/C21H33N5O/c1-15(2)10-13-26-20(16(3)4)17(14-22-26)23-21(27)25-12-7-9-19(25)18-8-6-11-24(18)5/h6,8,11,14-16,19H,7,9-10,12-13H2,1-5H3,(H,23,27). The number of amides is 2. The van der Waals surface area contributed by atoms with E-state index in [4.69, 9.17) is 0 Å². The maximum atomic E-state index is 13.1. The number of carbonyl (C=O) groups is 1. The van der Waals surface area contributed by atoms with E-state index < -0.39 is 0 Å². The summed E-state index contributed by atoms with van der Waals surface area (Å²) >= 11 is 0. The summed E-state index contributed by atoms with van der Waals surface area (Å²) in [6.45, 7) is 10.4. The van der Waals surface area contributed by atoms with Gasteiger partial charge >= 0.3 is 6.03 Å². The number of carbonyl (C=O) groups excluding carboxylic acids is 1. The van der Waals surface area contributed by atoms with Crippen LogP contribution in [0.1, 0.15) is 70.3 Å². The number of hydrogen-bond donors (Lipinski definition) is 1. The van der Waals surface area contributed by atoms with E-state index in [9.17, 15) is 4.79 Å². The molecule has 1 aliphatic rings. The number of anilines is 1. The van der Waals surface area contributed by atoms with Gasteiger partial charge in [-0.2, -0.15) is 5.10 Å². The summed E-state index contributed by atoms with van der Waals surface area (Å²) in [5, 5.41) is 7.70. The molecule has 0 aliphatic carbocycles. The Hall–Kier alpha value is -2.24. The summed E-state index contributed by atoms with van der Waals surface area (Å²) < 4.78 is 4.17. The lowest BCUT2D eigenvalue weighted by molar-refractivity contribution is 0.205. The maximum absolute atomic E-state index is 13.1. The van der Waals surface area contributed by atoms with Crippen LogP contribution in [0.25, 0.3) is 0 Å². The van der Waals surface area contributed by atoms with E-state index in [-0.39, 0.29) is 12.1 Å². The van der Waals surface area contributed by atoms with Gasteiger partial charge in [0.25, 0.3) is 0 Å². The molecule has 0 aromatic carbocycles. The van der Waals surface area contributed by atoms with Gasteiger partial charge in [0.1, 0.15) is 0 Å². The minimum absolute atomic E-state index is 0.0241. The number of aryl methyl sites for hydroxylation is 2. The molecule has 2 aromatic heterocycles. The molecule has 0 radical (unpaired) electrons. The van der Waals surface area contributed by atoms with Crippen LogP contribution in [0, 0.1) is 5.92 Å².